The molecule has 0 radical (unpaired) electrons. The first-order chi connectivity index (χ1) is 15.6. The summed E-state index contributed by atoms with van der Waals surface area (Å²) in [5.41, 5.74) is 0.296. The first kappa shape index (κ1) is 24.9. The average Bonchev–Trinajstić information content (AvgIpc) is 3.14. The minimum absolute atomic E-state index is 0.296. The molecule has 3 rings (SSSR count). The van der Waals surface area contributed by atoms with E-state index in [0.29, 0.717) is 12.0 Å². The summed E-state index contributed by atoms with van der Waals surface area (Å²) >= 11 is 0. The third-order valence-corrected chi connectivity index (χ3v) is 6.73. The number of guanidine groups is 1. The maximum absolute atomic E-state index is 5.57. The van der Waals surface area contributed by atoms with Crippen molar-refractivity contribution < 1.29 is 9.47 Å². The number of rotatable bonds is 11. The van der Waals surface area contributed by atoms with Crippen molar-refractivity contribution in [1.82, 2.24) is 30.3 Å². The van der Waals surface area contributed by atoms with E-state index < -0.39 is 0 Å². The minimum atomic E-state index is 0.296. The Bertz CT molecular complexity index is 695. The van der Waals surface area contributed by atoms with Crippen molar-refractivity contribution in [1.29, 1.82) is 0 Å². The quantitative estimate of drug-likeness (QED) is 0.303. The van der Waals surface area contributed by atoms with Gasteiger partial charge in [0.25, 0.3) is 0 Å². The van der Waals surface area contributed by atoms with Gasteiger partial charge in [0.05, 0.1) is 13.2 Å². The van der Waals surface area contributed by atoms with Gasteiger partial charge in [-0.1, -0.05) is 19.3 Å². The second-order valence-electron chi connectivity index (χ2n) is 9.17. The lowest BCUT2D eigenvalue weighted by Crippen LogP contribution is -2.51. The molecule has 0 amide bonds. The number of hydrogen-bond donors (Lipinski definition) is 2. The molecule has 2 N–H and O–H groups in total. The van der Waals surface area contributed by atoms with Crippen LogP contribution in [-0.2, 0) is 23.1 Å². The van der Waals surface area contributed by atoms with E-state index in [2.05, 4.69) is 25.7 Å². The minimum Gasteiger partial charge on any atom is -0.382 e. The molecule has 2 heterocycles. The van der Waals surface area contributed by atoms with Gasteiger partial charge in [-0.3, -0.25) is 4.90 Å². The van der Waals surface area contributed by atoms with Crippen LogP contribution in [0.4, 0.5) is 0 Å². The molecule has 1 aromatic heterocycles. The van der Waals surface area contributed by atoms with Crippen molar-refractivity contribution in [2.24, 2.45) is 17.5 Å². The number of hydrogen-bond acceptors (Lipinski definition) is 6. The molecule has 2 fully saturated rings. The molecule has 0 bridgehead atoms. The number of nitrogens with zero attached hydrogens (tertiary/aromatic N) is 5. The highest BCUT2D eigenvalue weighted by Gasteiger charge is 2.34. The highest BCUT2D eigenvalue weighted by Crippen LogP contribution is 2.36. The molecule has 0 aromatic carbocycles. The van der Waals surface area contributed by atoms with E-state index in [1.54, 1.807) is 0 Å². The molecule has 2 aliphatic rings. The fourth-order valence-corrected chi connectivity index (χ4v) is 4.64. The molecule has 182 valence electrons. The summed E-state index contributed by atoms with van der Waals surface area (Å²) in [4.78, 5) is 7.43. The Balaban J connectivity index is 1.62. The third-order valence-electron chi connectivity index (χ3n) is 6.73. The van der Waals surface area contributed by atoms with Gasteiger partial charge in [0.1, 0.15) is 12.4 Å². The fraction of sp³-hybridized carbons (Fsp3) is 0.870. The van der Waals surface area contributed by atoms with E-state index in [1.807, 2.05) is 25.5 Å². The predicted molar refractivity (Wildman–Crippen MR) is 127 cm³/mol. The van der Waals surface area contributed by atoms with Crippen LogP contribution in [0, 0.1) is 12.3 Å². The molecule has 0 unspecified atom stereocenters. The summed E-state index contributed by atoms with van der Waals surface area (Å²) in [5, 5.41) is 15.6. The van der Waals surface area contributed by atoms with Crippen LogP contribution >= 0.6 is 0 Å². The molecular formula is C23H43N7O2. The Kier molecular flexibility index (Phi) is 10.2. The Morgan fingerprint density at radius 1 is 1.16 bits per heavy atom. The van der Waals surface area contributed by atoms with Gasteiger partial charge >= 0.3 is 0 Å². The summed E-state index contributed by atoms with van der Waals surface area (Å²) in [6, 6.07) is 0. The van der Waals surface area contributed by atoms with Crippen molar-refractivity contribution in [2.45, 2.75) is 58.9 Å². The van der Waals surface area contributed by atoms with Gasteiger partial charge in [-0.2, -0.15) is 0 Å². The molecular weight excluding hydrogens is 406 g/mol. The van der Waals surface area contributed by atoms with E-state index in [0.717, 1.165) is 83.2 Å². The fourth-order valence-electron chi connectivity index (χ4n) is 4.64. The molecule has 0 atom stereocenters. The molecule has 32 heavy (non-hydrogen) atoms. The molecule has 1 aromatic rings. The smallest absolute Gasteiger partial charge is 0.191 e. The van der Waals surface area contributed by atoms with Crippen molar-refractivity contribution in [3.8, 4) is 0 Å². The zero-order valence-corrected chi connectivity index (χ0v) is 20.4. The van der Waals surface area contributed by atoms with Gasteiger partial charge in [0.2, 0.25) is 0 Å². The largest absolute Gasteiger partial charge is 0.382 e. The summed E-state index contributed by atoms with van der Waals surface area (Å²) in [5.74, 6) is 2.63. The van der Waals surface area contributed by atoms with Crippen LogP contribution in [0.5, 0.6) is 0 Å². The van der Waals surface area contributed by atoms with Crippen LogP contribution in [0.2, 0.25) is 0 Å². The van der Waals surface area contributed by atoms with Crippen LogP contribution in [-0.4, -0.2) is 84.8 Å². The van der Waals surface area contributed by atoms with E-state index in [9.17, 15) is 0 Å². The number of ether oxygens (including phenoxy) is 2. The highest BCUT2D eigenvalue weighted by molar-refractivity contribution is 5.79. The van der Waals surface area contributed by atoms with Gasteiger partial charge in [0, 0.05) is 58.4 Å². The number of nitrogens with one attached hydrogen (secondary N) is 2. The molecule has 1 aliphatic heterocycles. The number of aryl methyl sites for hydroxylation is 1. The summed E-state index contributed by atoms with van der Waals surface area (Å²) < 4.78 is 13.0. The van der Waals surface area contributed by atoms with E-state index in [4.69, 9.17) is 14.5 Å². The molecule has 1 saturated carbocycles. The third kappa shape index (κ3) is 7.71. The molecule has 9 nitrogen and oxygen atoms in total. The van der Waals surface area contributed by atoms with Crippen LogP contribution in [0.15, 0.2) is 4.99 Å². The SMILES string of the molecule is CCOCCCNC(=NCc1nnc(C)n1C)NCC1(CN2CCOCC2)CCCCC1. The van der Waals surface area contributed by atoms with Gasteiger partial charge in [-0.15, -0.1) is 10.2 Å². The lowest BCUT2D eigenvalue weighted by Gasteiger charge is -2.42. The van der Waals surface area contributed by atoms with Crippen molar-refractivity contribution in [2.75, 3.05) is 59.2 Å². The standard InChI is InChI=1S/C23H43N7O2/c1-4-31-14-8-11-24-22(25-17-21-28-27-20(2)29(21)3)26-18-23(9-6-5-7-10-23)19-30-12-15-32-16-13-30/h4-19H2,1-3H3,(H2,24,25,26). The van der Waals surface area contributed by atoms with Crippen LogP contribution in [0.25, 0.3) is 0 Å². The highest BCUT2D eigenvalue weighted by atomic mass is 16.5. The molecule has 1 saturated heterocycles. The van der Waals surface area contributed by atoms with E-state index in [1.165, 1.54) is 32.1 Å². The van der Waals surface area contributed by atoms with Gasteiger partial charge < -0.3 is 24.7 Å². The second-order valence-corrected chi connectivity index (χ2v) is 9.17. The van der Waals surface area contributed by atoms with Crippen LogP contribution in [0.3, 0.4) is 0 Å². The Labute approximate surface area is 193 Å². The van der Waals surface area contributed by atoms with E-state index >= 15 is 0 Å². The summed E-state index contributed by atoms with van der Waals surface area (Å²) in [7, 11) is 1.99. The van der Waals surface area contributed by atoms with Gasteiger partial charge in [-0.25, -0.2) is 4.99 Å². The second kappa shape index (κ2) is 13.1. The van der Waals surface area contributed by atoms with E-state index in [-0.39, 0.29) is 0 Å². The Morgan fingerprint density at radius 2 is 1.94 bits per heavy atom. The van der Waals surface area contributed by atoms with Crippen molar-refractivity contribution in [3.05, 3.63) is 11.6 Å². The first-order valence-electron chi connectivity index (χ1n) is 12.4. The van der Waals surface area contributed by atoms with Crippen molar-refractivity contribution in [3.63, 3.8) is 0 Å². The number of morpholine rings is 1. The lowest BCUT2D eigenvalue weighted by atomic mass is 9.73. The normalized spacial score (nSPS) is 19.8. The maximum Gasteiger partial charge on any atom is 0.191 e. The number of aromatic nitrogens is 3. The molecule has 0 spiro atoms. The number of aliphatic imine (C=N–C) groups is 1. The van der Waals surface area contributed by atoms with Crippen LogP contribution in [0.1, 0.15) is 57.1 Å². The monoisotopic (exact) mass is 449 g/mol. The molecule has 9 heteroatoms. The molecule has 1 aliphatic carbocycles. The summed E-state index contributed by atoms with van der Waals surface area (Å²) in [6.45, 7) is 12.7. The zero-order valence-electron chi connectivity index (χ0n) is 20.4. The topological polar surface area (TPSA) is 88.8 Å². The maximum atomic E-state index is 5.57. The van der Waals surface area contributed by atoms with Gasteiger partial charge in [0.15, 0.2) is 11.8 Å². The average molecular weight is 450 g/mol. The zero-order chi connectivity index (χ0) is 22.7. The lowest BCUT2D eigenvalue weighted by molar-refractivity contribution is 0.00820. The van der Waals surface area contributed by atoms with Crippen molar-refractivity contribution >= 4 is 5.96 Å². The van der Waals surface area contributed by atoms with Crippen LogP contribution < -0.4 is 10.6 Å². The Morgan fingerprint density at radius 3 is 2.62 bits per heavy atom. The summed E-state index contributed by atoms with van der Waals surface area (Å²) in [6.07, 6.45) is 7.50. The Hall–Kier alpha value is -1.71. The predicted octanol–water partition coefficient (Wildman–Crippen LogP) is 1.87. The van der Waals surface area contributed by atoms with Gasteiger partial charge in [-0.05, 0) is 33.1 Å². The first-order valence-corrected chi connectivity index (χ1v) is 12.4.